The number of carbonyl (C=O) groups is 2. The molecule has 4 rings (SSSR count). The SMILES string of the molecule is CN1CCN(Cc2ccc(C(N)=O)cc2)C[C@]12CCC(=O)N(CC1CC1)CC2. The number of nitrogens with zero attached hydrogens (tertiary/aromatic N) is 3. The minimum atomic E-state index is -0.385. The predicted molar refractivity (Wildman–Crippen MR) is 109 cm³/mol. The second-order valence-corrected chi connectivity index (χ2v) is 8.95. The van der Waals surface area contributed by atoms with Crippen LogP contribution in [0.2, 0.25) is 0 Å². The Morgan fingerprint density at radius 1 is 1.14 bits per heavy atom. The van der Waals surface area contributed by atoms with E-state index >= 15 is 0 Å². The van der Waals surface area contributed by atoms with Gasteiger partial charge in [0.25, 0.3) is 0 Å². The molecule has 1 aromatic carbocycles. The zero-order chi connectivity index (χ0) is 19.7. The van der Waals surface area contributed by atoms with Crippen molar-refractivity contribution in [3.63, 3.8) is 0 Å². The lowest BCUT2D eigenvalue weighted by atomic mass is 9.86. The highest BCUT2D eigenvalue weighted by Gasteiger charge is 2.42. The molecule has 1 atom stereocenters. The molecule has 0 bridgehead atoms. The lowest BCUT2D eigenvalue weighted by molar-refractivity contribution is -0.131. The van der Waals surface area contributed by atoms with E-state index in [1.165, 1.54) is 18.4 Å². The van der Waals surface area contributed by atoms with E-state index in [9.17, 15) is 9.59 Å². The number of likely N-dealkylation sites (tertiary alicyclic amines) is 1. The summed E-state index contributed by atoms with van der Waals surface area (Å²) in [5.74, 6) is 0.710. The maximum atomic E-state index is 12.6. The molecule has 0 aromatic heterocycles. The summed E-state index contributed by atoms with van der Waals surface area (Å²) >= 11 is 0. The van der Waals surface area contributed by atoms with Crippen LogP contribution in [0.25, 0.3) is 0 Å². The molecular weight excluding hydrogens is 352 g/mol. The standard InChI is InChI=1S/C22H32N4O2/c1-24-12-13-25(14-17-4-6-19(7-5-17)21(23)28)16-22(24)9-8-20(27)26(11-10-22)15-18-2-3-18/h4-7,18H,2-3,8-16H2,1H3,(H2,23,28)/t22-/m1/s1. The van der Waals surface area contributed by atoms with Gasteiger partial charge in [-0.05, 0) is 56.3 Å². The maximum absolute atomic E-state index is 12.6. The van der Waals surface area contributed by atoms with E-state index in [1.54, 1.807) is 0 Å². The summed E-state index contributed by atoms with van der Waals surface area (Å²) in [6, 6.07) is 7.62. The van der Waals surface area contributed by atoms with Crippen molar-refractivity contribution in [2.24, 2.45) is 11.7 Å². The maximum Gasteiger partial charge on any atom is 0.248 e. The van der Waals surface area contributed by atoms with Crippen LogP contribution in [0.15, 0.2) is 24.3 Å². The van der Waals surface area contributed by atoms with Gasteiger partial charge in [0.1, 0.15) is 0 Å². The molecule has 1 saturated carbocycles. The molecule has 2 saturated heterocycles. The Labute approximate surface area is 167 Å². The molecular formula is C22H32N4O2. The molecule has 1 aromatic rings. The Bertz CT molecular complexity index is 731. The van der Waals surface area contributed by atoms with Crippen molar-refractivity contribution in [3.05, 3.63) is 35.4 Å². The molecule has 3 fully saturated rings. The van der Waals surface area contributed by atoms with Crippen LogP contribution >= 0.6 is 0 Å². The lowest BCUT2D eigenvalue weighted by Gasteiger charge is -2.49. The number of amides is 2. The van der Waals surface area contributed by atoms with Crippen molar-refractivity contribution in [1.82, 2.24) is 14.7 Å². The van der Waals surface area contributed by atoms with Crippen LogP contribution in [0.3, 0.4) is 0 Å². The second-order valence-electron chi connectivity index (χ2n) is 8.95. The molecule has 2 N–H and O–H groups in total. The van der Waals surface area contributed by atoms with Gasteiger partial charge in [-0.1, -0.05) is 12.1 Å². The van der Waals surface area contributed by atoms with E-state index in [4.69, 9.17) is 5.73 Å². The zero-order valence-electron chi connectivity index (χ0n) is 16.9. The minimum Gasteiger partial charge on any atom is -0.366 e. The number of hydrogen-bond acceptors (Lipinski definition) is 4. The van der Waals surface area contributed by atoms with Gasteiger partial charge in [0.2, 0.25) is 11.8 Å². The van der Waals surface area contributed by atoms with E-state index in [-0.39, 0.29) is 11.4 Å². The van der Waals surface area contributed by atoms with Gasteiger partial charge in [-0.25, -0.2) is 0 Å². The number of nitrogens with two attached hydrogens (primary N) is 1. The average molecular weight is 385 g/mol. The first kappa shape index (κ1) is 19.4. The van der Waals surface area contributed by atoms with Crippen LogP contribution in [-0.4, -0.2) is 71.8 Å². The summed E-state index contributed by atoms with van der Waals surface area (Å²) in [5, 5.41) is 0. The Balaban J connectivity index is 1.42. The van der Waals surface area contributed by atoms with E-state index in [0.717, 1.165) is 58.0 Å². The summed E-state index contributed by atoms with van der Waals surface area (Å²) in [4.78, 5) is 31.0. The highest BCUT2D eigenvalue weighted by molar-refractivity contribution is 5.92. The van der Waals surface area contributed by atoms with Crippen molar-refractivity contribution < 1.29 is 9.59 Å². The fourth-order valence-electron chi connectivity index (χ4n) is 4.75. The van der Waals surface area contributed by atoms with Crippen LogP contribution in [0, 0.1) is 5.92 Å². The van der Waals surface area contributed by atoms with Gasteiger partial charge in [-0.3, -0.25) is 19.4 Å². The molecule has 6 heteroatoms. The predicted octanol–water partition coefficient (Wildman–Crippen LogP) is 1.69. The van der Waals surface area contributed by atoms with Crippen LogP contribution in [0.4, 0.5) is 0 Å². The van der Waals surface area contributed by atoms with Gasteiger partial charge in [-0.2, -0.15) is 0 Å². The molecule has 2 amide bonds. The molecule has 0 radical (unpaired) electrons. The number of likely N-dealkylation sites (N-methyl/N-ethyl adjacent to an activating group) is 1. The van der Waals surface area contributed by atoms with Gasteiger partial charge >= 0.3 is 0 Å². The van der Waals surface area contributed by atoms with Crippen molar-refractivity contribution in [1.29, 1.82) is 0 Å². The molecule has 152 valence electrons. The highest BCUT2D eigenvalue weighted by Crippen LogP contribution is 2.35. The van der Waals surface area contributed by atoms with E-state index in [1.807, 2.05) is 24.3 Å². The summed E-state index contributed by atoms with van der Waals surface area (Å²) in [6.45, 7) is 5.76. The van der Waals surface area contributed by atoms with Gasteiger partial charge in [0.05, 0.1) is 0 Å². The lowest BCUT2D eigenvalue weighted by Crippen LogP contribution is -2.60. The quantitative estimate of drug-likeness (QED) is 0.839. The molecule has 0 unspecified atom stereocenters. The summed E-state index contributed by atoms with van der Waals surface area (Å²) in [6.07, 6.45) is 5.24. The molecule has 1 spiro atoms. The first-order valence-corrected chi connectivity index (χ1v) is 10.6. The minimum absolute atomic E-state index is 0.0827. The van der Waals surface area contributed by atoms with E-state index in [0.29, 0.717) is 17.9 Å². The average Bonchev–Trinajstić information content (AvgIpc) is 3.51. The Hall–Kier alpha value is -1.92. The van der Waals surface area contributed by atoms with E-state index < -0.39 is 0 Å². The normalized spacial score (nSPS) is 27.2. The van der Waals surface area contributed by atoms with Gasteiger partial charge in [-0.15, -0.1) is 0 Å². The number of carbonyl (C=O) groups excluding carboxylic acids is 2. The molecule has 2 aliphatic heterocycles. The molecule has 1 aliphatic carbocycles. The third kappa shape index (κ3) is 4.23. The first-order valence-electron chi connectivity index (χ1n) is 10.6. The monoisotopic (exact) mass is 384 g/mol. The van der Waals surface area contributed by atoms with Gasteiger partial charge < -0.3 is 10.6 Å². The smallest absolute Gasteiger partial charge is 0.248 e. The topological polar surface area (TPSA) is 69.9 Å². The van der Waals surface area contributed by atoms with Gasteiger partial charge in [0, 0.05) is 56.8 Å². The first-order chi connectivity index (χ1) is 13.4. The van der Waals surface area contributed by atoms with Crippen LogP contribution < -0.4 is 5.73 Å². The summed E-state index contributed by atoms with van der Waals surface area (Å²) in [5.41, 5.74) is 7.18. The number of hydrogen-bond donors (Lipinski definition) is 1. The number of rotatable bonds is 5. The Kier molecular flexibility index (Phi) is 5.43. The third-order valence-corrected chi connectivity index (χ3v) is 6.90. The second kappa shape index (κ2) is 7.84. The number of piperazine rings is 1. The molecule has 2 heterocycles. The fourth-order valence-corrected chi connectivity index (χ4v) is 4.75. The number of primary amides is 1. The molecule has 3 aliphatic rings. The fraction of sp³-hybridized carbons (Fsp3) is 0.636. The molecule has 6 nitrogen and oxygen atoms in total. The molecule has 28 heavy (non-hydrogen) atoms. The summed E-state index contributed by atoms with van der Waals surface area (Å²) < 4.78 is 0. The third-order valence-electron chi connectivity index (χ3n) is 6.90. The largest absolute Gasteiger partial charge is 0.366 e. The summed E-state index contributed by atoms with van der Waals surface area (Å²) in [7, 11) is 2.22. The van der Waals surface area contributed by atoms with Gasteiger partial charge in [0.15, 0.2) is 0 Å². The van der Waals surface area contributed by atoms with Crippen molar-refractivity contribution in [2.45, 2.75) is 44.2 Å². The van der Waals surface area contributed by atoms with E-state index in [2.05, 4.69) is 21.7 Å². The van der Waals surface area contributed by atoms with Crippen LogP contribution in [0.1, 0.15) is 48.0 Å². The zero-order valence-corrected chi connectivity index (χ0v) is 16.9. The highest BCUT2D eigenvalue weighted by atomic mass is 16.2. The van der Waals surface area contributed by atoms with Crippen molar-refractivity contribution >= 4 is 11.8 Å². The van der Waals surface area contributed by atoms with Crippen molar-refractivity contribution in [2.75, 3.05) is 39.8 Å². The van der Waals surface area contributed by atoms with Crippen molar-refractivity contribution in [3.8, 4) is 0 Å². The number of benzene rings is 1. The Morgan fingerprint density at radius 2 is 1.89 bits per heavy atom. The van der Waals surface area contributed by atoms with Crippen LogP contribution in [0.5, 0.6) is 0 Å². The Morgan fingerprint density at radius 3 is 2.57 bits per heavy atom. The van der Waals surface area contributed by atoms with Crippen LogP contribution in [-0.2, 0) is 11.3 Å².